The van der Waals surface area contributed by atoms with E-state index in [4.69, 9.17) is 4.74 Å². The normalized spacial score (nSPS) is 13.5. The van der Waals surface area contributed by atoms with E-state index in [2.05, 4.69) is 47.6 Å². The number of hydrogen-bond acceptors (Lipinski definition) is 3. The molecule has 0 spiro atoms. The van der Waals surface area contributed by atoms with Crippen LogP contribution in [-0.4, -0.2) is 14.0 Å². The van der Waals surface area contributed by atoms with Crippen molar-refractivity contribution in [3.05, 3.63) is 53.6 Å². The highest BCUT2D eigenvalue weighted by molar-refractivity contribution is 7.91. The van der Waals surface area contributed by atoms with E-state index < -0.39 is 9.84 Å². The van der Waals surface area contributed by atoms with Gasteiger partial charge in [-0.05, 0) is 79.1 Å². The van der Waals surface area contributed by atoms with Gasteiger partial charge in [0.15, 0.2) is 0 Å². The summed E-state index contributed by atoms with van der Waals surface area (Å²) in [6, 6.07) is 12.4. The monoisotopic (exact) mass is 402 g/mol. The molecule has 0 aromatic heterocycles. The molecule has 154 valence electrons. The third kappa shape index (κ3) is 5.38. The first-order valence-electron chi connectivity index (χ1n) is 9.70. The van der Waals surface area contributed by atoms with Crippen LogP contribution < -0.4 is 4.74 Å². The molecule has 0 N–H and O–H groups in total. The van der Waals surface area contributed by atoms with Crippen LogP contribution in [0.15, 0.2) is 52.3 Å². The van der Waals surface area contributed by atoms with Crippen LogP contribution in [0.1, 0.15) is 73.4 Å². The second-order valence-electron chi connectivity index (χ2n) is 10.4. The molecular formula is C24H34O3S. The zero-order chi connectivity index (χ0) is 21.5. The molecule has 0 unspecified atom stereocenters. The van der Waals surface area contributed by atoms with Crippen LogP contribution in [0, 0.1) is 0 Å². The van der Waals surface area contributed by atoms with E-state index in [1.807, 2.05) is 32.9 Å². The van der Waals surface area contributed by atoms with Gasteiger partial charge in [0.05, 0.1) is 9.79 Å². The summed E-state index contributed by atoms with van der Waals surface area (Å²) in [5, 5.41) is 0. The van der Waals surface area contributed by atoms with Crippen LogP contribution in [0.5, 0.6) is 5.75 Å². The highest BCUT2D eigenvalue weighted by Gasteiger charge is 2.26. The van der Waals surface area contributed by atoms with Crippen LogP contribution in [0.25, 0.3) is 0 Å². The fourth-order valence-electron chi connectivity index (χ4n) is 2.80. The lowest BCUT2D eigenvalue weighted by molar-refractivity contribution is 0.131. The van der Waals surface area contributed by atoms with Crippen LogP contribution in [-0.2, 0) is 20.7 Å². The molecule has 0 fully saturated rings. The third-order valence-electron chi connectivity index (χ3n) is 4.51. The topological polar surface area (TPSA) is 43.4 Å². The van der Waals surface area contributed by atoms with Gasteiger partial charge >= 0.3 is 0 Å². The molecule has 0 saturated heterocycles. The summed E-state index contributed by atoms with van der Waals surface area (Å²) in [6.45, 7) is 18.5. The van der Waals surface area contributed by atoms with E-state index in [0.717, 1.165) is 11.1 Å². The summed E-state index contributed by atoms with van der Waals surface area (Å²) in [5.74, 6) is 0.658. The molecule has 0 saturated carbocycles. The Balaban J connectivity index is 2.56. The van der Waals surface area contributed by atoms with Gasteiger partial charge in [-0.3, -0.25) is 0 Å². The molecule has 0 atom stereocenters. The first-order chi connectivity index (χ1) is 12.5. The SMILES string of the molecule is CC(C)(C)Oc1ccc(S(=O)(=O)c2cc(C(C)(C)C)cc(C(C)(C)C)c2)cc1. The zero-order valence-electron chi connectivity index (χ0n) is 18.7. The molecule has 2 rings (SSSR count). The standard InChI is InChI=1S/C24H34O3S/c1-22(2,3)17-14-18(23(4,5)6)16-21(15-17)28(25,26)20-12-10-19(11-13-20)27-24(7,8)9/h10-16H,1-9H3. The molecule has 0 heterocycles. The molecule has 0 aliphatic rings. The molecular weight excluding hydrogens is 368 g/mol. The Bertz CT molecular complexity index is 901. The van der Waals surface area contributed by atoms with Crippen molar-refractivity contribution in [1.29, 1.82) is 0 Å². The quantitative estimate of drug-likeness (QED) is 0.606. The predicted octanol–water partition coefficient (Wildman–Crippen LogP) is 6.29. The van der Waals surface area contributed by atoms with Crippen molar-refractivity contribution in [3.8, 4) is 5.75 Å². The highest BCUT2D eigenvalue weighted by Crippen LogP contribution is 2.34. The second-order valence-corrected chi connectivity index (χ2v) is 12.4. The molecule has 0 amide bonds. The lowest BCUT2D eigenvalue weighted by Gasteiger charge is -2.26. The van der Waals surface area contributed by atoms with E-state index in [1.165, 1.54) is 0 Å². The Morgan fingerprint density at radius 3 is 1.43 bits per heavy atom. The fraction of sp³-hybridized carbons (Fsp3) is 0.500. The van der Waals surface area contributed by atoms with E-state index in [1.54, 1.807) is 24.3 Å². The molecule has 0 aliphatic heterocycles. The highest BCUT2D eigenvalue weighted by atomic mass is 32.2. The maximum Gasteiger partial charge on any atom is 0.206 e. The summed E-state index contributed by atoms with van der Waals surface area (Å²) >= 11 is 0. The van der Waals surface area contributed by atoms with Crippen LogP contribution >= 0.6 is 0 Å². The Labute approximate surface area is 171 Å². The first-order valence-corrected chi connectivity index (χ1v) is 11.2. The number of ether oxygens (including phenoxy) is 1. The van der Waals surface area contributed by atoms with Crippen LogP contribution in [0.3, 0.4) is 0 Å². The Morgan fingerprint density at radius 2 is 1.07 bits per heavy atom. The van der Waals surface area contributed by atoms with E-state index in [9.17, 15) is 8.42 Å². The number of sulfone groups is 1. The molecule has 2 aromatic carbocycles. The molecule has 2 aromatic rings. The number of benzene rings is 2. The van der Waals surface area contributed by atoms with Gasteiger partial charge in [0.2, 0.25) is 9.84 Å². The maximum atomic E-state index is 13.3. The minimum absolute atomic E-state index is 0.143. The maximum absolute atomic E-state index is 13.3. The van der Waals surface area contributed by atoms with E-state index in [0.29, 0.717) is 10.6 Å². The van der Waals surface area contributed by atoms with Gasteiger partial charge in [0.25, 0.3) is 0 Å². The third-order valence-corrected chi connectivity index (χ3v) is 6.26. The van der Waals surface area contributed by atoms with Crippen molar-refractivity contribution in [1.82, 2.24) is 0 Å². The summed E-state index contributed by atoms with van der Waals surface area (Å²) in [6.07, 6.45) is 0. The summed E-state index contributed by atoms with van der Waals surface area (Å²) in [7, 11) is -3.62. The summed E-state index contributed by atoms with van der Waals surface area (Å²) in [4.78, 5) is 0.619. The van der Waals surface area contributed by atoms with E-state index >= 15 is 0 Å². The zero-order valence-corrected chi connectivity index (χ0v) is 19.5. The largest absolute Gasteiger partial charge is 0.488 e. The van der Waals surface area contributed by atoms with Gasteiger partial charge in [-0.15, -0.1) is 0 Å². The van der Waals surface area contributed by atoms with Crippen molar-refractivity contribution in [2.45, 2.75) is 88.5 Å². The Hall–Kier alpha value is -1.81. The average Bonchev–Trinajstić information content (AvgIpc) is 2.51. The smallest absolute Gasteiger partial charge is 0.206 e. The van der Waals surface area contributed by atoms with E-state index in [-0.39, 0.29) is 21.3 Å². The Morgan fingerprint density at radius 1 is 0.643 bits per heavy atom. The first kappa shape index (κ1) is 22.5. The second kappa shape index (κ2) is 7.22. The molecule has 4 heteroatoms. The molecule has 0 aliphatic carbocycles. The molecule has 0 bridgehead atoms. The van der Waals surface area contributed by atoms with Crippen molar-refractivity contribution < 1.29 is 13.2 Å². The predicted molar refractivity (Wildman–Crippen MR) is 116 cm³/mol. The molecule has 28 heavy (non-hydrogen) atoms. The minimum atomic E-state index is -3.62. The lowest BCUT2D eigenvalue weighted by Crippen LogP contribution is -2.22. The van der Waals surface area contributed by atoms with Gasteiger partial charge in [0.1, 0.15) is 11.4 Å². The number of hydrogen-bond donors (Lipinski definition) is 0. The summed E-state index contributed by atoms with van der Waals surface area (Å²) in [5.41, 5.74) is 1.42. The van der Waals surface area contributed by atoms with Crippen LogP contribution in [0.4, 0.5) is 0 Å². The Kier molecular flexibility index (Phi) is 5.79. The van der Waals surface area contributed by atoms with Gasteiger partial charge in [-0.2, -0.15) is 0 Å². The van der Waals surface area contributed by atoms with Crippen molar-refractivity contribution in [2.24, 2.45) is 0 Å². The van der Waals surface area contributed by atoms with Gasteiger partial charge in [0, 0.05) is 0 Å². The fourth-order valence-corrected chi connectivity index (χ4v) is 4.13. The van der Waals surface area contributed by atoms with Crippen molar-refractivity contribution >= 4 is 9.84 Å². The minimum Gasteiger partial charge on any atom is -0.488 e. The average molecular weight is 403 g/mol. The molecule has 3 nitrogen and oxygen atoms in total. The van der Waals surface area contributed by atoms with Gasteiger partial charge < -0.3 is 4.74 Å². The summed E-state index contributed by atoms with van der Waals surface area (Å²) < 4.78 is 32.5. The van der Waals surface area contributed by atoms with Gasteiger partial charge in [-0.1, -0.05) is 47.6 Å². The number of rotatable bonds is 3. The molecule has 0 radical (unpaired) electrons. The van der Waals surface area contributed by atoms with Gasteiger partial charge in [-0.25, -0.2) is 8.42 Å². The van der Waals surface area contributed by atoms with Crippen LogP contribution in [0.2, 0.25) is 0 Å². The van der Waals surface area contributed by atoms with Crippen molar-refractivity contribution in [3.63, 3.8) is 0 Å². The van der Waals surface area contributed by atoms with Crippen molar-refractivity contribution in [2.75, 3.05) is 0 Å². The lowest BCUT2D eigenvalue weighted by atomic mass is 9.81.